The van der Waals surface area contributed by atoms with Crippen LogP contribution in [0.2, 0.25) is 0 Å². The van der Waals surface area contributed by atoms with E-state index in [0.717, 1.165) is 60.4 Å². The lowest BCUT2D eigenvalue weighted by molar-refractivity contribution is -0.184. The number of rotatable bonds is 6. The van der Waals surface area contributed by atoms with E-state index in [-0.39, 0.29) is 5.60 Å². The molecule has 1 N–H and O–H groups in total. The van der Waals surface area contributed by atoms with Gasteiger partial charge in [0.2, 0.25) is 0 Å². The zero-order valence-electron chi connectivity index (χ0n) is 18.4. The molecule has 2 aliphatic rings. The van der Waals surface area contributed by atoms with Gasteiger partial charge in [0.15, 0.2) is 6.29 Å². The highest BCUT2D eigenvalue weighted by Gasteiger charge is 2.34. The number of aliphatic hydroxyl groups excluding tert-OH is 1. The van der Waals surface area contributed by atoms with E-state index in [4.69, 9.17) is 4.74 Å². The maximum absolute atomic E-state index is 13.4. The Kier molecular flexibility index (Phi) is 6.77. The summed E-state index contributed by atoms with van der Waals surface area (Å²) < 4.78 is 45.7. The van der Waals surface area contributed by atoms with Gasteiger partial charge in [-0.1, -0.05) is 23.9 Å². The molecule has 1 unspecified atom stereocenters. The largest absolute Gasteiger partial charge is 0.416 e. The molecule has 2 aromatic rings. The molecule has 0 radical (unpaired) electrons. The van der Waals surface area contributed by atoms with Crippen LogP contribution in [0.25, 0.3) is 0 Å². The summed E-state index contributed by atoms with van der Waals surface area (Å²) in [6.07, 6.45) is -2.61. The number of hydrogen-bond acceptors (Lipinski definition) is 5. The number of alkyl halides is 3. The van der Waals surface area contributed by atoms with E-state index in [0.29, 0.717) is 12.2 Å². The van der Waals surface area contributed by atoms with Gasteiger partial charge in [0.05, 0.1) is 22.5 Å². The van der Waals surface area contributed by atoms with Crippen molar-refractivity contribution in [3.63, 3.8) is 0 Å². The molecule has 0 saturated carbocycles. The minimum Gasteiger partial charge on any atom is -0.368 e. The first-order chi connectivity index (χ1) is 15.1. The number of likely N-dealkylation sites (tertiary alicyclic amines) is 1. The summed E-state index contributed by atoms with van der Waals surface area (Å²) in [4.78, 5) is 6.30. The van der Waals surface area contributed by atoms with Gasteiger partial charge in [-0.3, -0.25) is 0 Å². The van der Waals surface area contributed by atoms with E-state index in [1.165, 1.54) is 17.8 Å². The van der Waals surface area contributed by atoms with E-state index in [1.54, 1.807) is 13.0 Å². The zero-order chi connectivity index (χ0) is 22.9. The molecule has 0 amide bonds. The van der Waals surface area contributed by atoms with Gasteiger partial charge in [0.1, 0.15) is 0 Å². The summed E-state index contributed by atoms with van der Waals surface area (Å²) >= 11 is 1.52. The SMILES string of the molecule is CC(O)OC1(C)CCN(CCCN2c3ccccc3Sc3ccc(C(F)(F)F)cc32)CC1. The fourth-order valence-electron chi connectivity index (χ4n) is 4.48. The average molecular weight is 467 g/mol. The van der Waals surface area contributed by atoms with Crippen LogP contribution in [0.4, 0.5) is 24.5 Å². The number of hydrogen-bond donors (Lipinski definition) is 1. The van der Waals surface area contributed by atoms with Crippen molar-refractivity contribution >= 4 is 23.1 Å². The van der Waals surface area contributed by atoms with Crippen LogP contribution >= 0.6 is 11.8 Å². The minimum atomic E-state index is -4.36. The number of piperidine rings is 1. The summed E-state index contributed by atoms with van der Waals surface area (Å²) in [7, 11) is 0. The fourth-order valence-corrected chi connectivity index (χ4v) is 5.55. The van der Waals surface area contributed by atoms with Crippen molar-refractivity contribution in [1.29, 1.82) is 0 Å². The van der Waals surface area contributed by atoms with Crippen molar-refractivity contribution in [1.82, 2.24) is 4.90 Å². The highest BCUT2D eigenvalue weighted by atomic mass is 32.2. The van der Waals surface area contributed by atoms with Crippen molar-refractivity contribution in [2.24, 2.45) is 0 Å². The van der Waals surface area contributed by atoms with Crippen LogP contribution in [0.5, 0.6) is 0 Å². The smallest absolute Gasteiger partial charge is 0.368 e. The van der Waals surface area contributed by atoms with Crippen LogP contribution in [-0.4, -0.2) is 48.1 Å². The van der Waals surface area contributed by atoms with Crippen molar-refractivity contribution in [3.8, 4) is 0 Å². The number of benzene rings is 2. The van der Waals surface area contributed by atoms with Gasteiger partial charge in [0.25, 0.3) is 0 Å². The van der Waals surface area contributed by atoms with Gasteiger partial charge >= 0.3 is 6.18 Å². The van der Waals surface area contributed by atoms with Gasteiger partial charge < -0.3 is 19.6 Å². The van der Waals surface area contributed by atoms with Gasteiger partial charge in [0, 0.05) is 29.4 Å². The Bertz CT molecular complexity index is 943. The third-order valence-corrected chi connectivity index (χ3v) is 7.31. The standard InChI is InChI=1S/C24H29F3N2O2S/c1-17(30)31-23(2)10-14-28(15-11-23)12-5-13-29-19-6-3-4-7-21(19)32-22-9-8-18(16-20(22)29)24(25,26)27/h3-4,6-9,16-17,30H,5,10-15H2,1-2H3. The molecule has 2 aromatic carbocycles. The minimum absolute atomic E-state index is 0.305. The molecular weight excluding hydrogens is 437 g/mol. The summed E-state index contributed by atoms with van der Waals surface area (Å²) in [5.74, 6) is 0. The zero-order valence-corrected chi connectivity index (χ0v) is 19.2. The Morgan fingerprint density at radius 1 is 1.06 bits per heavy atom. The molecule has 4 nitrogen and oxygen atoms in total. The highest BCUT2D eigenvalue weighted by Crippen LogP contribution is 2.49. The van der Waals surface area contributed by atoms with Crippen molar-refractivity contribution in [2.75, 3.05) is 31.1 Å². The third-order valence-electron chi connectivity index (χ3n) is 6.18. The van der Waals surface area contributed by atoms with Crippen LogP contribution in [0.1, 0.15) is 38.7 Å². The number of fused-ring (bicyclic) bond motifs is 2. The monoisotopic (exact) mass is 466 g/mol. The van der Waals surface area contributed by atoms with Gasteiger partial charge in [-0.05, 0) is 70.0 Å². The molecule has 0 aromatic heterocycles. The van der Waals surface area contributed by atoms with Crippen LogP contribution < -0.4 is 4.90 Å². The first-order valence-electron chi connectivity index (χ1n) is 11.0. The number of halogens is 3. The summed E-state index contributed by atoms with van der Waals surface area (Å²) in [5.41, 5.74) is 0.663. The Hall–Kier alpha value is -1.74. The lowest BCUT2D eigenvalue weighted by Crippen LogP contribution is -2.46. The predicted molar refractivity (Wildman–Crippen MR) is 120 cm³/mol. The predicted octanol–water partition coefficient (Wildman–Crippen LogP) is 5.91. The Balaban J connectivity index is 1.45. The molecule has 32 heavy (non-hydrogen) atoms. The first kappa shape index (κ1) is 23.4. The maximum Gasteiger partial charge on any atom is 0.416 e. The molecule has 2 aliphatic heterocycles. The van der Waals surface area contributed by atoms with E-state index >= 15 is 0 Å². The first-order valence-corrected chi connectivity index (χ1v) is 11.8. The quantitative estimate of drug-likeness (QED) is 0.536. The Morgan fingerprint density at radius 3 is 2.44 bits per heavy atom. The Morgan fingerprint density at radius 2 is 1.75 bits per heavy atom. The second-order valence-corrected chi connectivity index (χ2v) is 9.85. The molecule has 0 aliphatic carbocycles. The number of nitrogens with zero attached hydrogens (tertiary/aromatic N) is 2. The third kappa shape index (κ3) is 5.25. The second-order valence-electron chi connectivity index (χ2n) is 8.76. The van der Waals surface area contributed by atoms with Crippen LogP contribution in [0.15, 0.2) is 52.3 Å². The molecule has 174 valence electrons. The van der Waals surface area contributed by atoms with Gasteiger partial charge in [-0.2, -0.15) is 13.2 Å². The van der Waals surface area contributed by atoms with Crippen LogP contribution in [-0.2, 0) is 10.9 Å². The van der Waals surface area contributed by atoms with Gasteiger partial charge in [-0.25, -0.2) is 0 Å². The van der Waals surface area contributed by atoms with Crippen molar-refractivity contribution < 1.29 is 23.0 Å². The van der Waals surface area contributed by atoms with E-state index in [2.05, 4.69) is 4.90 Å². The van der Waals surface area contributed by atoms with E-state index in [1.807, 2.05) is 36.1 Å². The molecule has 0 spiro atoms. The fraction of sp³-hybridized carbons (Fsp3) is 0.500. The Labute approximate surface area is 191 Å². The van der Waals surface area contributed by atoms with Gasteiger partial charge in [-0.15, -0.1) is 0 Å². The van der Waals surface area contributed by atoms with E-state index in [9.17, 15) is 18.3 Å². The topological polar surface area (TPSA) is 35.9 Å². The number of ether oxygens (including phenoxy) is 1. The molecular formula is C24H29F3N2O2S. The molecule has 1 fully saturated rings. The summed E-state index contributed by atoms with van der Waals surface area (Å²) in [6, 6.07) is 11.9. The molecule has 2 heterocycles. The molecule has 8 heteroatoms. The van der Waals surface area contributed by atoms with Crippen molar-refractivity contribution in [3.05, 3.63) is 48.0 Å². The molecule has 1 atom stereocenters. The number of aliphatic hydroxyl groups is 1. The molecule has 1 saturated heterocycles. The summed E-state index contributed by atoms with van der Waals surface area (Å²) in [5, 5.41) is 9.54. The lowest BCUT2D eigenvalue weighted by atomic mass is 9.93. The maximum atomic E-state index is 13.4. The highest BCUT2D eigenvalue weighted by molar-refractivity contribution is 7.99. The average Bonchev–Trinajstić information content (AvgIpc) is 2.73. The number of anilines is 2. The normalized spacial score (nSPS) is 19.4. The van der Waals surface area contributed by atoms with Crippen molar-refractivity contribution in [2.45, 2.75) is 61.0 Å². The molecule has 0 bridgehead atoms. The van der Waals surface area contributed by atoms with Crippen LogP contribution in [0, 0.1) is 0 Å². The van der Waals surface area contributed by atoms with E-state index < -0.39 is 18.0 Å². The second kappa shape index (κ2) is 9.25. The summed E-state index contributed by atoms with van der Waals surface area (Å²) in [6.45, 7) is 6.94. The number of para-hydroxylation sites is 1. The van der Waals surface area contributed by atoms with Crippen LogP contribution in [0.3, 0.4) is 0 Å². The lowest BCUT2D eigenvalue weighted by Gasteiger charge is -2.40. The molecule has 4 rings (SSSR count).